The van der Waals surface area contributed by atoms with Gasteiger partial charge in [-0.3, -0.25) is 14.3 Å². The first kappa shape index (κ1) is 18.0. The first-order valence-corrected chi connectivity index (χ1v) is 11.0. The quantitative estimate of drug-likeness (QED) is 0.665. The molecule has 0 spiro atoms. The number of nitrogens with zero attached hydrogens (tertiary/aromatic N) is 3. The summed E-state index contributed by atoms with van der Waals surface area (Å²) in [7, 11) is 0. The van der Waals surface area contributed by atoms with Gasteiger partial charge in [0.1, 0.15) is 16.5 Å². The largest absolute Gasteiger partial charge is 0.296 e. The van der Waals surface area contributed by atoms with Crippen molar-refractivity contribution in [1.29, 1.82) is 0 Å². The van der Waals surface area contributed by atoms with Crippen LogP contribution in [0.25, 0.3) is 10.2 Å². The van der Waals surface area contributed by atoms with Crippen LogP contribution < -0.4 is 5.56 Å². The predicted octanol–water partition coefficient (Wildman–Crippen LogP) is 4.12. The zero-order chi connectivity index (χ0) is 19.1. The lowest BCUT2D eigenvalue weighted by atomic mass is 9.97. The molecule has 1 aromatic carbocycles. The number of fused-ring (bicyclic) bond motifs is 3. The molecule has 0 saturated carbocycles. The number of likely N-dealkylation sites (tertiary alicyclic amines) is 1. The zero-order valence-corrected chi connectivity index (χ0v) is 16.7. The summed E-state index contributed by atoms with van der Waals surface area (Å²) in [5, 5.41) is 0.779. The molecule has 1 aliphatic carbocycles. The van der Waals surface area contributed by atoms with Gasteiger partial charge < -0.3 is 0 Å². The highest BCUT2D eigenvalue weighted by Gasteiger charge is 2.24. The van der Waals surface area contributed by atoms with Crippen LogP contribution in [0.3, 0.4) is 0 Å². The molecule has 0 amide bonds. The second kappa shape index (κ2) is 7.41. The molecule has 0 bridgehead atoms. The summed E-state index contributed by atoms with van der Waals surface area (Å²) >= 11 is 1.69. The van der Waals surface area contributed by atoms with Crippen LogP contribution in [0.4, 0.5) is 4.39 Å². The maximum atomic E-state index is 14.3. The van der Waals surface area contributed by atoms with E-state index in [2.05, 4.69) is 4.90 Å². The highest BCUT2D eigenvalue weighted by Crippen LogP contribution is 2.34. The van der Waals surface area contributed by atoms with Gasteiger partial charge in [-0.1, -0.05) is 18.2 Å². The molecule has 3 heterocycles. The number of rotatable bonds is 4. The molecular weight excluding hydrogens is 373 g/mol. The lowest BCUT2D eigenvalue weighted by Crippen LogP contribution is -2.30. The van der Waals surface area contributed by atoms with Crippen molar-refractivity contribution in [2.24, 2.45) is 0 Å². The van der Waals surface area contributed by atoms with Crippen LogP contribution in [-0.4, -0.2) is 27.5 Å². The van der Waals surface area contributed by atoms with Gasteiger partial charge in [-0.15, -0.1) is 11.3 Å². The Kier molecular flexibility index (Phi) is 4.77. The van der Waals surface area contributed by atoms with Crippen LogP contribution in [0, 0.1) is 5.82 Å². The second-order valence-electron chi connectivity index (χ2n) is 7.89. The van der Waals surface area contributed by atoms with E-state index >= 15 is 0 Å². The molecule has 3 aromatic rings. The van der Waals surface area contributed by atoms with Crippen LogP contribution in [0.5, 0.6) is 0 Å². The van der Waals surface area contributed by atoms with Gasteiger partial charge in [-0.05, 0) is 63.2 Å². The summed E-state index contributed by atoms with van der Waals surface area (Å²) in [5.74, 6) is 0.496. The minimum atomic E-state index is -0.269. The van der Waals surface area contributed by atoms with E-state index in [-0.39, 0.29) is 17.9 Å². The van der Waals surface area contributed by atoms with Gasteiger partial charge >= 0.3 is 0 Å². The smallest absolute Gasteiger partial charge is 0.262 e. The highest BCUT2D eigenvalue weighted by atomic mass is 32.1. The number of aryl methyl sites for hydroxylation is 2. The van der Waals surface area contributed by atoms with Gasteiger partial charge in [0.15, 0.2) is 0 Å². The molecular formula is C22H24FN3OS. The van der Waals surface area contributed by atoms with Crippen molar-refractivity contribution in [3.63, 3.8) is 0 Å². The lowest BCUT2D eigenvalue weighted by Gasteiger charge is -2.19. The van der Waals surface area contributed by atoms with Gasteiger partial charge in [-0.2, -0.15) is 0 Å². The number of hydrogen-bond acceptors (Lipinski definition) is 4. The standard InChI is InChI=1S/C22H24FN3OS/c23-17-9-3-1-7-15(17)13-26-19(14-25-11-5-6-12-25)24-21-20(22(26)27)16-8-2-4-10-18(16)28-21/h1,3,7,9H,2,4-6,8,10-14H2. The van der Waals surface area contributed by atoms with Crippen molar-refractivity contribution in [2.75, 3.05) is 13.1 Å². The summed E-state index contributed by atoms with van der Waals surface area (Å²) in [6, 6.07) is 6.72. The summed E-state index contributed by atoms with van der Waals surface area (Å²) < 4.78 is 16.0. The molecule has 2 aromatic heterocycles. The normalized spacial score (nSPS) is 17.3. The van der Waals surface area contributed by atoms with Gasteiger partial charge in [0.05, 0.1) is 18.5 Å². The van der Waals surface area contributed by atoms with Crippen LogP contribution in [0.2, 0.25) is 0 Å². The SMILES string of the molecule is O=c1c2c3c(sc2nc(CN2CCCC2)n1Cc1ccccc1F)CCCC3. The minimum absolute atomic E-state index is 0.00171. The Labute approximate surface area is 167 Å². The fourth-order valence-electron chi connectivity index (χ4n) is 4.50. The summed E-state index contributed by atoms with van der Waals surface area (Å²) in [4.78, 5) is 23.0. The van der Waals surface area contributed by atoms with E-state index < -0.39 is 0 Å². The Bertz CT molecular complexity index is 1080. The first-order valence-electron chi connectivity index (χ1n) is 10.2. The van der Waals surface area contributed by atoms with Crippen molar-refractivity contribution in [1.82, 2.24) is 14.5 Å². The Morgan fingerprint density at radius 2 is 1.82 bits per heavy atom. The van der Waals surface area contributed by atoms with E-state index in [1.165, 1.54) is 35.8 Å². The van der Waals surface area contributed by atoms with Crippen LogP contribution in [0.15, 0.2) is 29.1 Å². The summed E-state index contributed by atoms with van der Waals surface area (Å²) in [6.07, 6.45) is 6.69. The van der Waals surface area contributed by atoms with Gasteiger partial charge in [0.2, 0.25) is 0 Å². The van der Waals surface area contributed by atoms with E-state index in [0.717, 1.165) is 48.4 Å². The molecule has 1 saturated heterocycles. The lowest BCUT2D eigenvalue weighted by molar-refractivity contribution is 0.315. The van der Waals surface area contributed by atoms with E-state index in [9.17, 15) is 9.18 Å². The van der Waals surface area contributed by atoms with Crippen molar-refractivity contribution in [3.05, 3.63) is 62.3 Å². The van der Waals surface area contributed by atoms with E-state index in [1.54, 1.807) is 28.0 Å². The van der Waals surface area contributed by atoms with Gasteiger partial charge in [-0.25, -0.2) is 9.37 Å². The average molecular weight is 398 g/mol. The molecule has 0 radical (unpaired) electrons. The molecule has 146 valence electrons. The third kappa shape index (κ3) is 3.18. The molecule has 1 fully saturated rings. The number of thiophene rings is 1. The maximum absolute atomic E-state index is 14.3. The predicted molar refractivity (Wildman–Crippen MR) is 111 cm³/mol. The fourth-order valence-corrected chi connectivity index (χ4v) is 5.77. The number of halogens is 1. The van der Waals surface area contributed by atoms with E-state index in [0.29, 0.717) is 12.1 Å². The third-order valence-corrected chi connectivity index (χ3v) is 7.19. The Balaban J connectivity index is 1.66. The Hall–Kier alpha value is -2.05. The number of benzene rings is 1. The fraction of sp³-hybridized carbons (Fsp3) is 0.455. The molecule has 0 unspecified atom stereocenters. The monoisotopic (exact) mass is 397 g/mol. The molecule has 1 aliphatic heterocycles. The molecule has 6 heteroatoms. The topological polar surface area (TPSA) is 38.1 Å². The molecule has 4 nitrogen and oxygen atoms in total. The summed E-state index contributed by atoms with van der Waals surface area (Å²) in [5.41, 5.74) is 1.73. The average Bonchev–Trinajstić information content (AvgIpc) is 3.33. The van der Waals surface area contributed by atoms with Crippen LogP contribution in [-0.2, 0) is 25.9 Å². The van der Waals surface area contributed by atoms with Gasteiger partial charge in [0, 0.05) is 10.4 Å². The van der Waals surface area contributed by atoms with E-state index in [4.69, 9.17) is 4.98 Å². The molecule has 0 N–H and O–H groups in total. The van der Waals surface area contributed by atoms with Crippen molar-refractivity contribution >= 4 is 21.6 Å². The second-order valence-corrected chi connectivity index (χ2v) is 8.97. The number of aromatic nitrogens is 2. The van der Waals surface area contributed by atoms with Crippen LogP contribution >= 0.6 is 11.3 Å². The van der Waals surface area contributed by atoms with Gasteiger partial charge in [0.25, 0.3) is 5.56 Å². The zero-order valence-electron chi connectivity index (χ0n) is 15.9. The van der Waals surface area contributed by atoms with Crippen molar-refractivity contribution in [2.45, 2.75) is 51.6 Å². The third-order valence-electron chi connectivity index (χ3n) is 6.00. The molecule has 0 atom stereocenters. The van der Waals surface area contributed by atoms with Crippen molar-refractivity contribution in [3.8, 4) is 0 Å². The van der Waals surface area contributed by atoms with Crippen LogP contribution in [0.1, 0.15) is 47.5 Å². The van der Waals surface area contributed by atoms with Crippen molar-refractivity contribution < 1.29 is 4.39 Å². The number of hydrogen-bond donors (Lipinski definition) is 0. The van der Waals surface area contributed by atoms with E-state index in [1.807, 2.05) is 6.07 Å². The minimum Gasteiger partial charge on any atom is -0.296 e. The first-order chi connectivity index (χ1) is 13.7. The maximum Gasteiger partial charge on any atom is 0.262 e. The summed E-state index contributed by atoms with van der Waals surface area (Å²) in [6.45, 7) is 2.97. The highest BCUT2D eigenvalue weighted by molar-refractivity contribution is 7.18. The molecule has 2 aliphatic rings. The molecule has 28 heavy (non-hydrogen) atoms. The molecule has 5 rings (SSSR count). The Morgan fingerprint density at radius 1 is 1.04 bits per heavy atom. The Morgan fingerprint density at radius 3 is 2.64 bits per heavy atom.